The van der Waals surface area contributed by atoms with Gasteiger partial charge in [0.1, 0.15) is 0 Å². The highest BCUT2D eigenvalue weighted by Crippen LogP contribution is 2.23. The van der Waals surface area contributed by atoms with Crippen molar-refractivity contribution in [1.29, 1.82) is 0 Å². The summed E-state index contributed by atoms with van der Waals surface area (Å²) < 4.78 is 0. The zero-order valence-electron chi connectivity index (χ0n) is 8.43. The van der Waals surface area contributed by atoms with Gasteiger partial charge in [0.05, 0.1) is 0 Å². The molecule has 0 saturated heterocycles. The average Bonchev–Trinajstić information content (AvgIpc) is 2.26. The molecule has 5 heteroatoms. The first-order valence-electron chi connectivity index (χ1n) is 5.01. The SMILES string of the molecule is CNC(=S)NNC(=O)C1CCCCC1. The Morgan fingerprint density at radius 1 is 1.21 bits per heavy atom. The molecule has 1 rings (SSSR count). The second kappa shape index (κ2) is 5.80. The van der Waals surface area contributed by atoms with Crippen LogP contribution in [0.3, 0.4) is 0 Å². The quantitative estimate of drug-likeness (QED) is 0.445. The Hall–Kier alpha value is -0.840. The monoisotopic (exact) mass is 215 g/mol. The fourth-order valence-corrected chi connectivity index (χ4v) is 1.70. The van der Waals surface area contributed by atoms with E-state index in [1.807, 2.05) is 0 Å². The summed E-state index contributed by atoms with van der Waals surface area (Å²) in [5, 5.41) is 3.17. The van der Waals surface area contributed by atoms with Crippen LogP contribution in [0, 0.1) is 5.92 Å². The summed E-state index contributed by atoms with van der Waals surface area (Å²) in [4.78, 5) is 11.6. The molecule has 0 radical (unpaired) electrons. The van der Waals surface area contributed by atoms with Crippen LogP contribution in [-0.4, -0.2) is 18.1 Å². The fourth-order valence-electron chi connectivity index (χ4n) is 1.65. The zero-order chi connectivity index (χ0) is 10.4. The predicted octanol–water partition coefficient (Wildman–Crippen LogP) is 0.692. The molecule has 1 aliphatic rings. The number of hydrazine groups is 1. The highest BCUT2D eigenvalue weighted by Gasteiger charge is 2.20. The highest BCUT2D eigenvalue weighted by atomic mass is 32.1. The van der Waals surface area contributed by atoms with E-state index in [1.54, 1.807) is 7.05 Å². The Bertz CT molecular complexity index is 214. The van der Waals surface area contributed by atoms with Crippen LogP contribution in [0.5, 0.6) is 0 Å². The molecule has 1 fully saturated rings. The largest absolute Gasteiger partial charge is 0.364 e. The first-order chi connectivity index (χ1) is 6.74. The first kappa shape index (κ1) is 11.2. The van der Waals surface area contributed by atoms with Crippen LogP contribution in [-0.2, 0) is 4.79 Å². The lowest BCUT2D eigenvalue weighted by atomic mass is 9.89. The number of nitrogens with one attached hydrogen (secondary N) is 3. The smallest absolute Gasteiger partial charge is 0.241 e. The lowest BCUT2D eigenvalue weighted by Crippen LogP contribution is -2.48. The van der Waals surface area contributed by atoms with Gasteiger partial charge in [0.2, 0.25) is 5.91 Å². The minimum atomic E-state index is 0.0577. The van der Waals surface area contributed by atoms with Crippen molar-refractivity contribution in [2.45, 2.75) is 32.1 Å². The number of hydrogen-bond donors (Lipinski definition) is 3. The summed E-state index contributed by atoms with van der Waals surface area (Å²) >= 11 is 4.84. The van der Waals surface area contributed by atoms with Gasteiger partial charge < -0.3 is 5.32 Å². The minimum Gasteiger partial charge on any atom is -0.364 e. The second-order valence-electron chi connectivity index (χ2n) is 3.53. The third-order valence-electron chi connectivity index (χ3n) is 2.50. The number of thiocarbonyl (C=S) groups is 1. The van der Waals surface area contributed by atoms with Gasteiger partial charge in [-0.1, -0.05) is 19.3 Å². The summed E-state index contributed by atoms with van der Waals surface area (Å²) in [5.41, 5.74) is 5.26. The van der Waals surface area contributed by atoms with E-state index in [-0.39, 0.29) is 11.8 Å². The van der Waals surface area contributed by atoms with Gasteiger partial charge in [-0.3, -0.25) is 15.6 Å². The van der Waals surface area contributed by atoms with Crippen LogP contribution in [0.2, 0.25) is 0 Å². The van der Waals surface area contributed by atoms with Crippen molar-refractivity contribution in [2.75, 3.05) is 7.05 Å². The molecule has 0 atom stereocenters. The van der Waals surface area contributed by atoms with Gasteiger partial charge in [-0.15, -0.1) is 0 Å². The Kier molecular flexibility index (Phi) is 4.65. The lowest BCUT2D eigenvalue weighted by Gasteiger charge is -2.21. The van der Waals surface area contributed by atoms with Crippen LogP contribution < -0.4 is 16.2 Å². The Morgan fingerprint density at radius 2 is 1.86 bits per heavy atom. The number of carbonyl (C=O) groups is 1. The van der Waals surface area contributed by atoms with Crippen molar-refractivity contribution in [2.24, 2.45) is 5.92 Å². The maximum atomic E-state index is 11.6. The third kappa shape index (κ3) is 3.49. The molecule has 0 unspecified atom stereocenters. The highest BCUT2D eigenvalue weighted by molar-refractivity contribution is 7.80. The molecule has 0 bridgehead atoms. The van der Waals surface area contributed by atoms with Gasteiger partial charge in [-0.25, -0.2) is 0 Å². The first-order valence-corrected chi connectivity index (χ1v) is 5.42. The summed E-state index contributed by atoms with van der Waals surface area (Å²) in [7, 11) is 1.71. The van der Waals surface area contributed by atoms with E-state index in [4.69, 9.17) is 12.2 Å². The van der Waals surface area contributed by atoms with E-state index < -0.39 is 0 Å². The molecule has 0 aromatic rings. The minimum absolute atomic E-state index is 0.0577. The molecule has 1 saturated carbocycles. The van der Waals surface area contributed by atoms with E-state index in [9.17, 15) is 4.79 Å². The zero-order valence-corrected chi connectivity index (χ0v) is 9.25. The molecule has 0 aromatic carbocycles. The van der Waals surface area contributed by atoms with Gasteiger partial charge in [0, 0.05) is 13.0 Å². The molecular weight excluding hydrogens is 198 g/mol. The van der Waals surface area contributed by atoms with Crippen LogP contribution in [0.15, 0.2) is 0 Å². The number of carbonyl (C=O) groups excluding carboxylic acids is 1. The number of hydrogen-bond acceptors (Lipinski definition) is 2. The van der Waals surface area contributed by atoms with Gasteiger partial charge in [-0.2, -0.15) is 0 Å². The van der Waals surface area contributed by atoms with Crippen LogP contribution in [0.25, 0.3) is 0 Å². The van der Waals surface area contributed by atoms with Gasteiger partial charge in [0.25, 0.3) is 0 Å². The Balaban J connectivity index is 2.23. The lowest BCUT2D eigenvalue weighted by molar-refractivity contribution is -0.126. The molecule has 1 aliphatic carbocycles. The molecule has 0 aromatic heterocycles. The van der Waals surface area contributed by atoms with Crippen LogP contribution >= 0.6 is 12.2 Å². The molecule has 0 spiro atoms. The van der Waals surface area contributed by atoms with Crippen molar-refractivity contribution in [3.05, 3.63) is 0 Å². The maximum Gasteiger partial charge on any atom is 0.241 e. The number of amides is 1. The van der Waals surface area contributed by atoms with Crippen molar-refractivity contribution in [3.8, 4) is 0 Å². The fraction of sp³-hybridized carbons (Fsp3) is 0.778. The summed E-state index contributed by atoms with van der Waals surface area (Å²) in [6.07, 6.45) is 5.58. The molecule has 4 nitrogen and oxygen atoms in total. The van der Waals surface area contributed by atoms with E-state index in [2.05, 4.69) is 16.2 Å². The second-order valence-corrected chi connectivity index (χ2v) is 3.94. The molecule has 1 amide bonds. The normalized spacial score (nSPS) is 17.2. The summed E-state index contributed by atoms with van der Waals surface area (Å²) in [6.45, 7) is 0. The average molecular weight is 215 g/mol. The Labute approximate surface area is 89.8 Å². The molecule has 0 aliphatic heterocycles. The Morgan fingerprint density at radius 3 is 2.43 bits per heavy atom. The van der Waals surface area contributed by atoms with Crippen LogP contribution in [0.4, 0.5) is 0 Å². The van der Waals surface area contributed by atoms with Crippen molar-refractivity contribution in [1.82, 2.24) is 16.2 Å². The van der Waals surface area contributed by atoms with E-state index >= 15 is 0 Å². The molecule has 14 heavy (non-hydrogen) atoms. The van der Waals surface area contributed by atoms with E-state index in [0.717, 1.165) is 25.7 Å². The van der Waals surface area contributed by atoms with Gasteiger partial charge >= 0.3 is 0 Å². The van der Waals surface area contributed by atoms with Crippen molar-refractivity contribution in [3.63, 3.8) is 0 Å². The predicted molar refractivity (Wildman–Crippen MR) is 59.5 cm³/mol. The topological polar surface area (TPSA) is 53.2 Å². The molecule has 0 heterocycles. The van der Waals surface area contributed by atoms with Gasteiger partial charge in [-0.05, 0) is 25.1 Å². The molecule has 80 valence electrons. The molecular formula is C9H17N3OS. The van der Waals surface area contributed by atoms with E-state index in [1.165, 1.54) is 6.42 Å². The number of rotatable bonds is 1. The maximum absolute atomic E-state index is 11.6. The van der Waals surface area contributed by atoms with Crippen LogP contribution in [0.1, 0.15) is 32.1 Å². The molecule has 3 N–H and O–H groups in total. The third-order valence-corrected chi connectivity index (χ3v) is 2.81. The summed E-state index contributed by atoms with van der Waals surface area (Å²) in [5.74, 6) is 0.221. The van der Waals surface area contributed by atoms with Gasteiger partial charge in [0.15, 0.2) is 5.11 Å². The van der Waals surface area contributed by atoms with E-state index in [0.29, 0.717) is 5.11 Å². The standard InChI is InChI=1S/C9H17N3OS/c1-10-9(14)12-11-8(13)7-5-3-2-4-6-7/h7H,2-6H2,1H3,(H,11,13)(H2,10,12,14). The summed E-state index contributed by atoms with van der Waals surface area (Å²) in [6, 6.07) is 0. The van der Waals surface area contributed by atoms with Crippen molar-refractivity contribution >= 4 is 23.2 Å². The van der Waals surface area contributed by atoms with Crippen molar-refractivity contribution < 1.29 is 4.79 Å².